The van der Waals surface area contributed by atoms with Crippen LogP contribution in [-0.2, 0) is 0 Å². The summed E-state index contributed by atoms with van der Waals surface area (Å²) in [6.07, 6.45) is -1.89. The second-order valence-corrected chi connectivity index (χ2v) is 3.77. The first kappa shape index (κ1) is 12.0. The molecule has 0 spiro atoms. The van der Waals surface area contributed by atoms with E-state index in [2.05, 4.69) is 15.9 Å². The van der Waals surface area contributed by atoms with Gasteiger partial charge in [-0.25, -0.2) is 0 Å². The molecular weight excluding hydrogens is 260 g/mol. The number of nitrogen functional groups attached to an aromatic ring is 1. The second kappa shape index (κ2) is 5.12. The number of aliphatic hydroxyl groups excluding tert-OH is 2. The van der Waals surface area contributed by atoms with Crippen LogP contribution in [-0.4, -0.2) is 21.6 Å². The molecular formula is C10H11BrN2O2. The molecule has 80 valence electrons. The Morgan fingerprint density at radius 3 is 2.60 bits per heavy atom. The lowest BCUT2D eigenvalue weighted by Crippen LogP contribution is -2.19. The molecule has 0 fully saturated rings. The van der Waals surface area contributed by atoms with E-state index in [1.807, 2.05) is 6.07 Å². The number of hydrogen-bond acceptors (Lipinski definition) is 4. The lowest BCUT2D eigenvalue weighted by molar-refractivity contribution is 0.0343. The van der Waals surface area contributed by atoms with Gasteiger partial charge in [-0.05, 0) is 17.7 Å². The van der Waals surface area contributed by atoms with Crippen LogP contribution in [0.5, 0.6) is 0 Å². The maximum absolute atomic E-state index is 9.66. The molecule has 1 aromatic rings. The molecule has 0 aromatic heterocycles. The van der Waals surface area contributed by atoms with Gasteiger partial charge >= 0.3 is 0 Å². The number of hydrogen-bond donors (Lipinski definition) is 3. The zero-order valence-corrected chi connectivity index (χ0v) is 9.48. The van der Waals surface area contributed by atoms with Gasteiger partial charge in [0.1, 0.15) is 12.2 Å². The van der Waals surface area contributed by atoms with Gasteiger partial charge in [0.15, 0.2) is 0 Å². The highest BCUT2D eigenvalue weighted by Gasteiger charge is 2.17. The molecule has 5 heteroatoms. The number of benzene rings is 1. The number of rotatable bonds is 3. The van der Waals surface area contributed by atoms with E-state index in [0.717, 1.165) is 0 Å². The predicted octanol–water partition coefficient (Wildman–Crippen LogP) is 0.930. The first-order valence-corrected chi connectivity index (χ1v) is 5.44. The molecule has 2 unspecified atom stereocenters. The van der Waals surface area contributed by atoms with E-state index in [-0.39, 0.29) is 5.33 Å². The fourth-order valence-electron chi connectivity index (χ4n) is 1.17. The molecule has 0 aliphatic carbocycles. The summed E-state index contributed by atoms with van der Waals surface area (Å²) in [6, 6.07) is 6.52. The van der Waals surface area contributed by atoms with Crippen LogP contribution in [0.15, 0.2) is 18.2 Å². The van der Waals surface area contributed by atoms with Crippen molar-refractivity contribution in [3.8, 4) is 6.07 Å². The molecule has 4 nitrogen and oxygen atoms in total. The topological polar surface area (TPSA) is 90.3 Å². The number of nitrogens with two attached hydrogens (primary N) is 1. The Morgan fingerprint density at radius 2 is 2.13 bits per heavy atom. The number of nitriles is 1. The highest BCUT2D eigenvalue weighted by Crippen LogP contribution is 2.22. The molecule has 1 aromatic carbocycles. The Labute approximate surface area is 96.1 Å². The van der Waals surface area contributed by atoms with E-state index < -0.39 is 12.2 Å². The van der Waals surface area contributed by atoms with Gasteiger partial charge in [0.05, 0.1) is 11.7 Å². The zero-order valence-electron chi connectivity index (χ0n) is 7.89. The van der Waals surface area contributed by atoms with Crippen molar-refractivity contribution in [3.05, 3.63) is 29.3 Å². The lowest BCUT2D eigenvalue weighted by atomic mass is 10.0. The standard InChI is InChI=1S/C10H11BrN2O2/c11-4-9(14)10(15)6-1-2-7(5-12)8(13)3-6/h1-3,9-10,14-15H,4,13H2. The largest absolute Gasteiger partial charge is 0.398 e. The van der Waals surface area contributed by atoms with Crippen LogP contribution in [0, 0.1) is 11.3 Å². The summed E-state index contributed by atoms with van der Waals surface area (Å²) in [6.45, 7) is 0. The summed E-state index contributed by atoms with van der Waals surface area (Å²) in [5.74, 6) is 0. The van der Waals surface area contributed by atoms with Crippen molar-refractivity contribution in [1.29, 1.82) is 5.26 Å². The van der Waals surface area contributed by atoms with Crippen LogP contribution >= 0.6 is 15.9 Å². The first-order chi connectivity index (χ1) is 7.10. The van der Waals surface area contributed by atoms with E-state index in [1.165, 1.54) is 12.1 Å². The summed E-state index contributed by atoms with van der Waals surface area (Å²) in [4.78, 5) is 0. The van der Waals surface area contributed by atoms with Crippen LogP contribution in [0.3, 0.4) is 0 Å². The minimum absolute atomic E-state index is 0.272. The van der Waals surface area contributed by atoms with Gasteiger partial charge in [0.2, 0.25) is 0 Å². The molecule has 1 rings (SSSR count). The average molecular weight is 271 g/mol. The fraction of sp³-hybridized carbons (Fsp3) is 0.300. The molecule has 2 atom stereocenters. The average Bonchev–Trinajstić information content (AvgIpc) is 2.26. The molecule has 15 heavy (non-hydrogen) atoms. The molecule has 0 radical (unpaired) electrons. The van der Waals surface area contributed by atoms with Gasteiger partial charge in [-0.2, -0.15) is 5.26 Å². The van der Waals surface area contributed by atoms with Crippen LogP contribution in [0.4, 0.5) is 5.69 Å². The van der Waals surface area contributed by atoms with Gasteiger partial charge < -0.3 is 15.9 Å². The van der Waals surface area contributed by atoms with E-state index in [4.69, 9.17) is 11.0 Å². The molecule has 0 saturated carbocycles. The third-order valence-electron chi connectivity index (χ3n) is 2.06. The van der Waals surface area contributed by atoms with Crippen LogP contribution in [0.2, 0.25) is 0 Å². The Kier molecular flexibility index (Phi) is 4.09. The van der Waals surface area contributed by atoms with E-state index in [9.17, 15) is 10.2 Å². The monoisotopic (exact) mass is 270 g/mol. The Morgan fingerprint density at radius 1 is 1.47 bits per heavy atom. The Hall–Kier alpha value is -1.09. The molecule has 0 aliphatic rings. The zero-order chi connectivity index (χ0) is 11.4. The SMILES string of the molecule is N#Cc1ccc(C(O)C(O)CBr)cc1N. The van der Waals surface area contributed by atoms with E-state index >= 15 is 0 Å². The summed E-state index contributed by atoms with van der Waals surface area (Å²) in [5, 5.41) is 28.0. The summed E-state index contributed by atoms with van der Waals surface area (Å²) < 4.78 is 0. The number of nitrogens with zero attached hydrogens (tertiary/aromatic N) is 1. The van der Waals surface area contributed by atoms with E-state index in [0.29, 0.717) is 16.8 Å². The van der Waals surface area contributed by atoms with Crippen molar-refractivity contribution in [2.45, 2.75) is 12.2 Å². The Balaban J connectivity index is 2.98. The second-order valence-electron chi connectivity index (χ2n) is 3.12. The van der Waals surface area contributed by atoms with Crippen molar-refractivity contribution in [2.75, 3.05) is 11.1 Å². The maximum atomic E-state index is 9.66. The molecule has 0 saturated heterocycles. The maximum Gasteiger partial charge on any atom is 0.106 e. The van der Waals surface area contributed by atoms with Gasteiger partial charge in [-0.1, -0.05) is 22.0 Å². The molecule has 0 heterocycles. The quantitative estimate of drug-likeness (QED) is 0.563. The minimum Gasteiger partial charge on any atom is -0.398 e. The number of aliphatic hydroxyl groups is 2. The van der Waals surface area contributed by atoms with Gasteiger partial charge in [0.25, 0.3) is 0 Å². The number of anilines is 1. The third kappa shape index (κ3) is 2.69. The fourth-order valence-corrected chi connectivity index (χ4v) is 1.53. The van der Waals surface area contributed by atoms with Crippen molar-refractivity contribution in [2.24, 2.45) is 0 Å². The van der Waals surface area contributed by atoms with Crippen LogP contribution in [0.1, 0.15) is 17.2 Å². The minimum atomic E-state index is -1.00. The van der Waals surface area contributed by atoms with Crippen molar-refractivity contribution >= 4 is 21.6 Å². The lowest BCUT2D eigenvalue weighted by Gasteiger charge is -2.16. The van der Waals surface area contributed by atoms with Crippen LogP contribution in [0.25, 0.3) is 0 Å². The first-order valence-electron chi connectivity index (χ1n) is 4.31. The summed E-state index contributed by atoms with van der Waals surface area (Å²) >= 11 is 3.07. The number of halogens is 1. The van der Waals surface area contributed by atoms with Crippen molar-refractivity contribution < 1.29 is 10.2 Å². The van der Waals surface area contributed by atoms with Crippen LogP contribution < -0.4 is 5.73 Å². The Bertz CT molecular complexity index is 389. The molecule has 0 aliphatic heterocycles. The highest BCUT2D eigenvalue weighted by atomic mass is 79.9. The summed E-state index contributed by atoms with van der Waals surface area (Å²) in [5.41, 5.74) is 6.75. The van der Waals surface area contributed by atoms with Gasteiger partial charge in [-0.15, -0.1) is 0 Å². The third-order valence-corrected chi connectivity index (χ3v) is 2.72. The number of alkyl halides is 1. The molecule has 0 bridgehead atoms. The highest BCUT2D eigenvalue weighted by molar-refractivity contribution is 9.09. The van der Waals surface area contributed by atoms with E-state index in [1.54, 1.807) is 6.07 Å². The van der Waals surface area contributed by atoms with Gasteiger partial charge in [0, 0.05) is 11.0 Å². The van der Waals surface area contributed by atoms with Gasteiger partial charge in [-0.3, -0.25) is 0 Å². The molecule has 4 N–H and O–H groups in total. The predicted molar refractivity (Wildman–Crippen MR) is 60.3 cm³/mol. The summed E-state index contributed by atoms with van der Waals surface area (Å²) in [7, 11) is 0. The molecule has 0 amide bonds. The normalized spacial score (nSPS) is 14.3. The van der Waals surface area contributed by atoms with Crippen molar-refractivity contribution in [1.82, 2.24) is 0 Å². The van der Waals surface area contributed by atoms with Crippen molar-refractivity contribution in [3.63, 3.8) is 0 Å². The smallest absolute Gasteiger partial charge is 0.106 e.